The number of nitrogens with two attached hydrogens (primary N) is 1. The molecule has 0 amide bonds. The molecule has 25 heavy (non-hydrogen) atoms. The fourth-order valence-electron chi connectivity index (χ4n) is 2.03. The largest absolute Gasteiger partial charge is 0.390 e. The average molecular weight is 432 g/mol. The zero-order chi connectivity index (χ0) is 18.4. The van der Waals surface area contributed by atoms with Crippen LogP contribution in [0.2, 0.25) is 0 Å². The summed E-state index contributed by atoms with van der Waals surface area (Å²) in [5.74, 6) is 0. The summed E-state index contributed by atoms with van der Waals surface area (Å²) in [5.41, 5.74) is 2.85. The number of nitrogens with one attached hydrogen (secondary N) is 1. The maximum absolute atomic E-state index is 10.8. The van der Waals surface area contributed by atoms with Crippen LogP contribution in [-0.4, -0.2) is 42.7 Å². The SMILES string of the molecule is Cc1ccc(N=C(CO)c2nonc2CCCNS(N)(=O)=O)cc1Br. The van der Waals surface area contributed by atoms with Gasteiger partial charge in [0, 0.05) is 11.0 Å². The van der Waals surface area contributed by atoms with E-state index in [0.717, 1.165) is 10.0 Å². The highest BCUT2D eigenvalue weighted by Gasteiger charge is 2.16. The number of aliphatic hydroxyl groups excluding tert-OH is 1. The van der Waals surface area contributed by atoms with Crippen molar-refractivity contribution < 1.29 is 18.2 Å². The number of halogens is 1. The quantitative estimate of drug-likeness (QED) is 0.419. The molecule has 0 saturated heterocycles. The number of aryl methyl sites for hydroxylation is 2. The molecule has 0 saturated carbocycles. The van der Waals surface area contributed by atoms with Gasteiger partial charge in [0.05, 0.1) is 18.0 Å². The lowest BCUT2D eigenvalue weighted by Gasteiger charge is -2.04. The van der Waals surface area contributed by atoms with Crippen molar-refractivity contribution in [2.24, 2.45) is 10.1 Å². The summed E-state index contributed by atoms with van der Waals surface area (Å²) in [6.45, 7) is 1.77. The Morgan fingerprint density at radius 2 is 2.20 bits per heavy atom. The lowest BCUT2D eigenvalue weighted by atomic mass is 10.1. The highest BCUT2D eigenvalue weighted by molar-refractivity contribution is 9.10. The van der Waals surface area contributed by atoms with E-state index in [1.54, 1.807) is 0 Å². The zero-order valence-electron chi connectivity index (χ0n) is 13.4. The van der Waals surface area contributed by atoms with Gasteiger partial charge in [0.1, 0.15) is 5.69 Å². The minimum absolute atomic E-state index is 0.154. The van der Waals surface area contributed by atoms with Crippen LogP contribution in [-0.2, 0) is 16.6 Å². The summed E-state index contributed by atoms with van der Waals surface area (Å²) in [4.78, 5) is 4.39. The topological polar surface area (TPSA) is 144 Å². The van der Waals surface area contributed by atoms with Gasteiger partial charge in [0.2, 0.25) is 0 Å². The van der Waals surface area contributed by atoms with E-state index >= 15 is 0 Å². The number of aliphatic imine (C=N–C) groups is 1. The summed E-state index contributed by atoms with van der Waals surface area (Å²) in [7, 11) is -3.72. The molecule has 0 atom stereocenters. The Bertz CT molecular complexity index is 866. The molecule has 0 aliphatic heterocycles. The number of rotatable bonds is 8. The second-order valence-corrected chi connectivity index (χ2v) is 7.49. The monoisotopic (exact) mass is 431 g/mol. The van der Waals surface area contributed by atoms with Crippen LogP contribution in [0.1, 0.15) is 23.4 Å². The maximum Gasteiger partial charge on any atom is 0.274 e. The van der Waals surface area contributed by atoms with Crippen LogP contribution in [0.5, 0.6) is 0 Å². The van der Waals surface area contributed by atoms with Gasteiger partial charge in [0.15, 0.2) is 5.69 Å². The Morgan fingerprint density at radius 3 is 2.84 bits per heavy atom. The Morgan fingerprint density at radius 1 is 1.44 bits per heavy atom. The summed E-state index contributed by atoms with van der Waals surface area (Å²) in [6.07, 6.45) is 0.824. The molecule has 1 aromatic heterocycles. The molecule has 0 aliphatic rings. The number of aromatic nitrogens is 2. The summed E-state index contributed by atoms with van der Waals surface area (Å²) in [5, 5.41) is 22.1. The molecule has 1 aromatic carbocycles. The molecule has 2 aromatic rings. The summed E-state index contributed by atoms with van der Waals surface area (Å²) >= 11 is 3.43. The highest BCUT2D eigenvalue weighted by atomic mass is 79.9. The average Bonchev–Trinajstić information content (AvgIpc) is 3.00. The predicted octanol–water partition coefficient (Wildman–Crippen LogP) is 0.979. The van der Waals surface area contributed by atoms with E-state index in [1.165, 1.54) is 0 Å². The van der Waals surface area contributed by atoms with Gasteiger partial charge in [-0.05, 0) is 42.6 Å². The first-order valence-corrected chi connectivity index (χ1v) is 9.68. The number of benzene rings is 1. The molecule has 0 spiro atoms. The lowest BCUT2D eigenvalue weighted by Crippen LogP contribution is -2.31. The van der Waals surface area contributed by atoms with E-state index in [9.17, 15) is 13.5 Å². The number of aliphatic hydroxyl groups is 1. The smallest absolute Gasteiger partial charge is 0.274 e. The van der Waals surface area contributed by atoms with Crippen molar-refractivity contribution >= 4 is 37.5 Å². The molecule has 0 bridgehead atoms. The van der Waals surface area contributed by atoms with Crippen molar-refractivity contribution in [3.05, 3.63) is 39.6 Å². The molecular formula is C14H18BrN5O4S. The van der Waals surface area contributed by atoms with Gasteiger partial charge in [0.25, 0.3) is 10.2 Å². The van der Waals surface area contributed by atoms with Crippen LogP contribution in [0, 0.1) is 6.92 Å². The van der Waals surface area contributed by atoms with Gasteiger partial charge in [-0.25, -0.2) is 19.5 Å². The van der Waals surface area contributed by atoms with Crippen LogP contribution < -0.4 is 9.86 Å². The minimum Gasteiger partial charge on any atom is -0.390 e. The van der Waals surface area contributed by atoms with Crippen LogP contribution in [0.15, 0.2) is 32.3 Å². The van der Waals surface area contributed by atoms with Crippen LogP contribution in [0.4, 0.5) is 5.69 Å². The zero-order valence-corrected chi connectivity index (χ0v) is 15.8. The summed E-state index contributed by atoms with van der Waals surface area (Å²) < 4.78 is 29.5. The fourth-order valence-corrected chi connectivity index (χ4v) is 2.83. The van der Waals surface area contributed by atoms with E-state index in [-0.39, 0.29) is 13.2 Å². The first kappa shape index (κ1) is 19.7. The molecule has 136 valence electrons. The summed E-state index contributed by atoms with van der Waals surface area (Å²) in [6, 6.07) is 5.55. The minimum atomic E-state index is -3.72. The van der Waals surface area contributed by atoms with E-state index in [4.69, 9.17) is 9.77 Å². The fraction of sp³-hybridized carbons (Fsp3) is 0.357. The standard InChI is InChI=1S/C14H18BrN5O4S/c1-9-4-5-10(7-11(9)15)18-13(8-21)14-12(19-24-20-14)3-2-6-17-25(16,22)23/h4-5,7,17,21H,2-3,6,8H2,1H3,(H2,16,22,23). The van der Waals surface area contributed by atoms with Crippen molar-refractivity contribution in [3.8, 4) is 0 Å². The molecule has 9 nitrogen and oxygen atoms in total. The molecule has 0 radical (unpaired) electrons. The second kappa shape index (κ2) is 8.63. The van der Waals surface area contributed by atoms with Gasteiger partial charge >= 0.3 is 0 Å². The number of nitrogens with zero attached hydrogens (tertiary/aromatic N) is 3. The third-order valence-electron chi connectivity index (χ3n) is 3.29. The molecule has 11 heteroatoms. The molecular weight excluding hydrogens is 414 g/mol. The van der Waals surface area contributed by atoms with Crippen molar-refractivity contribution in [3.63, 3.8) is 0 Å². The predicted molar refractivity (Wildman–Crippen MR) is 95.9 cm³/mol. The van der Waals surface area contributed by atoms with E-state index < -0.39 is 10.2 Å². The number of hydrogen-bond donors (Lipinski definition) is 3. The van der Waals surface area contributed by atoms with E-state index in [0.29, 0.717) is 35.6 Å². The third-order valence-corrected chi connectivity index (χ3v) is 4.75. The molecule has 1 heterocycles. The first-order valence-electron chi connectivity index (χ1n) is 7.34. The van der Waals surface area contributed by atoms with Gasteiger partial charge in [-0.2, -0.15) is 8.42 Å². The van der Waals surface area contributed by atoms with Gasteiger partial charge in [-0.1, -0.05) is 27.2 Å². The second-order valence-electron chi connectivity index (χ2n) is 5.25. The first-order chi connectivity index (χ1) is 11.8. The van der Waals surface area contributed by atoms with Gasteiger partial charge in [-0.3, -0.25) is 0 Å². The molecule has 2 rings (SSSR count). The van der Waals surface area contributed by atoms with Gasteiger partial charge < -0.3 is 5.11 Å². The van der Waals surface area contributed by atoms with Crippen molar-refractivity contribution in [1.82, 2.24) is 15.0 Å². The Hall–Kier alpha value is -1.66. The van der Waals surface area contributed by atoms with Crippen LogP contribution in [0.3, 0.4) is 0 Å². The van der Waals surface area contributed by atoms with Gasteiger partial charge in [-0.15, -0.1) is 0 Å². The highest BCUT2D eigenvalue weighted by Crippen LogP contribution is 2.23. The lowest BCUT2D eigenvalue weighted by molar-refractivity contribution is 0.301. The Balaban J connectivity index is 2.14. The molecule has 0 unspecified atom stereocenters. The third kappa shape index (κ3) is 5.97. The maximum atomic E-state index is 10.8. The molecule has 4 N–H and O–H groups in total. The molecule has 0 fully saturated rings. The Labute approximate surface area is 153 Å². The van der Waals surface area contributed by atoms with Crippen LogP contribution in [0.25, 0.3) is 0 Å². The Kier molecular flexibility index (Phi) is 6.79. The van der Waals surface area contributed by atoms with E-state index in [1.807, 2.05) is 25.1 Å². The number of hydrogen-bond acceptors (Lipinski definition) is 7. The normalized spacial score (nSPS) is 12.6. The molecule has 0 aliphatic carbocycles. The van der Waals surface area contributed by atoms with Crippen LogP contribution >= 0.6 is 15.9 Å². The van der Waals surface area contributed by atoms with Crippen molar-refractivity contribution in [2.75, 3.05) is 13.2 Å². The van der Waals surface area contributed by atoms with Crippen molar-refractivity contribution in [2.45, 2.75) is 19.8 Å². The van der Waals surface area contributed by atoms with E-state index in [2.05, 4.69) is 36.0 Å². The van der Waals surface area contributed by atoms with Crippen molar-refractivity contribution in [1.29, 1.82) is 0 Å².